The molecule has 2 N–H and O–H groups in total. The van der Waals surface area contributed by atoms with E-state index < -0.39 is 0 Å². The number of rotatable bonds is 2. The predicted octanol–water partition coefficient (Wildman–Crippen LogP) is 2.05. The van der Waals surface area contributed by atoms with Gasteiger partial charge in [-0.3, -0.25) is 0 Å². The summed E-state index contributed by atoms with van der Waals surface area (Å²) in [6, 6.07) is 11.6. The van der Waals surface area contributed by atoms with Crippen LogP contribution < -0.4 is 5.73 Å². The van der Waals surface area contributed by atoms with Crippen molar-refractivity contribution in [2.75, 3.05) is 12.0 Å². The number of hydrogen-bond donors (Lipinski definition) is 1. The largest absolute Gasteiger partial charge is 0.383 e. The highest BCUT2D eigenvalue weighted by Crippen LogP contribution is 2.28. The van der Waals surface area contributed by atoms with Crippen LogP contribution in [0, 0.1) is 11.3 Å². The third kappa shape index (κ3) is 1.64. The zero-order valence-electron chi connectivity index (χ0n) is 8.71. The number of nitrogen functional groups attached to an aromatic ring is 1. The first-order valence-corrected chi connectivity index (χ1v) is 5.88. The van der Waals surface area contributed by atoms with E-state index in [-0.39, 0.29) is 0 Å². The maximum Gasteiger partial charge on any atom is 0.178 e. The molecule has 0 amide bonds. The van der Waals surface area contributed by atoms with Crippen LogP contribution in [0.1, 0.15) is 5.69 Å². The summed E-state index contributed by atoms with van der Waals surface area (Å²) < 4.78 is 1.59. The molecule has 0 unspecified atom stereocenters. The number of thioether (sulfide) groups is 1. The van der Waals surface area contributed by atoms with Gasteiger partial charge in [0.2, 0.25) is 0 Å². The number of anilines is 1. The Morgan fingerprint density at radius 2 is 2.06 bits per heavy atom. The molecule has 0 fully saturated rings. The minimum Gasteiger partial charge on any atom is -0.383 e. The fourth-order valence-electron chi connectivity index (χ4n) is 1.46. The number of nitriles is 1. The standard InChI is InChI=1S/C11H10N4S/c1-16-10-9(7-12)14-15(11(10)13)8-5-3-2-4-6-8/h2-6H,13H2,1H3. The Labute approximate surface area is 97.7 Å². The molecular formula is C11H10N4S. The Morgan fingerprint density at radius 3 is 2.56 bits per heavy atom. The van der Waals surface area contributed by atoms with E-state index >= 15 is 0 Å². The highest BCUT2D eigenvalue weighted by molar-refractivity contribution is 7.98. The molecule has 4 nitrogen and oxygen atoms in total. The minimum atomic E-state index is 0.369. The molecule has 0 aliphatic carbocycles. The predicted molar refractivity (Wildman–Crippen MR) is 64.5 cm³/mol. The summed E-state index contributed by atoms with van der Waals surface area (Å²) in [5.74, 6) is 0.509. The van der Waals surface area contributed by atoms with E-state index in [9.17, 15) is 0 Å². The van der Waals surface area contributed by atoms with Crippen molar-refractivity contribution in [3.8, 4) is 11.8 Å². The lowest BCUT2D eigenvalue weighted by atomic mass is 10.3. The second-order valence-corrected chi connectivity index (χ2v) is 3.94. The normalized spacial score (nSPS) is 10.0. The number of nitrogens with two attached hydrogens (primary N) is 1. The molecule has 0 spiro atoms. The summed E-state index contributed by atoms with van der Waals surface area (Å²) in [5.41, 5.74) is 7.18. The Morgan fingerprint density at radius 1 is 1.38 bits per heavy atom. The Hall–Kier alpha value is -1.93. The van der Waals surface area contributed by atoms with Gasteiger partial charge in [-0.1, -0.05) is 18.2 Å². The number of benzene rings is 1. The van der Waals surface area contributed by atoms with Crippen LogP contribution in [0.3, 0.4) is 0 Å². The van der Waals surface area contributed by atoms with Gasteiger partial charge < -0.3 is 5.73 Å². The van der Waals surface area contributed by atoms with E-state index in [1.165, 1.54) is 11.8 Å². The van der Waals surface area contributed by atoms with Crippen molar-refractivity contribution < 1.29 is 0 Å². The molecule has 1 heterocycles. The molecule has 5 heteroatoms. The summed E-state index contributed by atoms with van der Waals surface area (Å²) in [5, 5.41) is 13.1. The zero-order chi connectivity index (χ0) is 11.5. The van der Waals surface area contributed by atoms with Crippen LogP contribution in [0.5, 0.6) is 0 Å². The molecule has 1 aromatic heterocycles. The maximum atomic E-state index is 8.94. The van der Waals surface area contributed by atoms with Gasteiger partial charge in [0.15, 0.2) is 5.69 Å². The molecule has 0 radical (unpaired) electrons. The van der Waals surface area contributed by atoms with Crippen molar-refractivity contribution in [1.82, 2.24) is 9.78 Å². The van der Waals surface area contributed by atoms with Gasteiger partial charge in [0.05, 0.1) is 10.6 Å². The Balaban J connectivity index is 2.60. The van der Waals surface area contributed by atoms with E-state index in [0.29, 0.717) is 11.5 Å². The number of nitrogens with zero attached hydrogens (tertiary/aromatic N) is 3. The number of para-hydroxylation sites is 1. The molecule has 2 rings (SSSR count). The molecule has 80 valence electrons. The first kappa shape index (κ1) is 10.6. The fourth-order valence-corrected chi connectivity index (χ4v) is 2.03. The van der Waals surface area contributed by atoms with Crippen LogP contribution in [-0.4, -0.2) is 16.0 Å². The summed E-state index contributed by atoms with van der Waals surface area (Å²) in [6.45, 7) is 0. The van der Waals surface area contributed by atoms with Crippen LogP contribution in [0.2, 0.25) is 0 Å². The number of aromatic nitrogens is 2. The highest BCUT2D eigenvalue weighted by atomic mass is 32.2. The lowest BCUT2D eigenvalue weighted by Gasteiger charge is -2.03. The lowest BCUT2D eigenvalue weighted by Crippen LogP contribution is -2.01. The summed E-state index contributed by atoms with van der Waals surface area (Å²) in [6.07, 6.45) is 1.88. The molecule has 0 aliphatic heterocycles. The smallest absolute Gasteiger partial charge is 0.178 e. The van der Waals surface area contributed by atoms with Crippen molar-refractivity contribution >= 4 is 17.6 Å². The van der Waals surface area contributed by atoms with Gasteiger partial charge in [0.25, 0.3) is 0 Å². The third-order valence-electron chi connectivity index (χ3n) is 2.19. The summed E-state index contributed by atoms with van der Waals surface area (Å²) >= 11 is 1.43. The molecule has 2 aromatic rings. The second kappa shape index (κ2) is 4.29. The fraction of sp³-hybridized carbons (Fsp3) is 0.0909. The molecule has 0 bridgehead atoms. The zero-order valence-corrected chi connectivity index (χ0v) is 9.53. The van der Waals surface area contributed by atoms with E-state index in [4.69, 9.17) is 11.0 Å². The van der Waals surface area contributed by atoms with E-state index in [0.717, 1.165) is 10.6 Å². The molecule has 0 atom stereocenters. The highest BCUT2D eigenvalue weighted by Gasteiger charge is 2.15. The first-order valence-electron chi connectivity index (χ1n) is 4.66. The molecular weight excluding hydrogens is 220 g/mol. The van der Waals surface area contributed by atoms with Crippen molar-refractivity contribution in [2.45, 2.75) is 4.90 Å². The van der Waals surface area contributed by atoms with Gasteiger partial charge in [-0.15, -0.1) is 11.8 Å². The van der Waals surface area contributed by atoms with E-state index in [1.807, 2.05) is 42.7 Å². The lowest BCUT2D eigenvalue weighted by molar-refractivity contribution is 0.883. The van der Waals surface area contributed by atoms with Crippen molar-refractivity contribution in [1.29, 1.82) is 5.26 Å². The van der Waals surface area contributed by atoms with Gasteiger partial charge in [0.1, 0.15) is 11.9 Å². The summed E-state index contributed by atoms with van der Waals surface area (Å²) in [4.78, 5) is 0.728. The molecule has 1 aromatic carbocycles. The van der Waals surface area contributed by atoms with Gasteiger partial charge in [-0.05, 0) is 18.4 Å². The monoisotopic (exact) mass is 230 g/mol. The molecule has 0 saturated heterocycles. The van der Waals surface area contributed by atoms with Crippen LogP contribution >= 0.6 is 11.8 Å². The summed E-state index contributed by atoms with van der Waals surface area (Å²) in [7, 11) is 0. The third-order valence-corrected chi connectivity index (χ3v) is 3.00. The Kier molecular flexibility index (Phi) is 2.84. The molecule has 0 aliphatic rings. The van der Waals surface area contributed by atoms with Gasteiger partial charge in [-0.2, -0.15) is 10.4 Å². The van der Waals surface area contributed by atoms with E-state index in [1.54, 1.807) is 4.68 Å². The number of hydrogen-bond acceptors (Lipinski definition) is 4. The van der Waals surface area contributed by atoms with Crippen molar-refractivity contribution in [3.63, 3.8) is 0 Å². The van der Waals surface area contributed by atoms with Crippen LogP contribution in [0.4, 0.5) is 5.82 Å². The van der Waals surface area contributed by atoms with Crippen LogP contribution in [0.25, 0.3) is 5.69 Å². The second-order valence-electron chi connectivity index (χ2n) is 3.13. The SMILES string of the molecule is CSc1c(C#N)nn(-c2ccccc2)c1N. The first-order chi connectivity index (χ1) is 7.77. The van der Waals surface area contributed by atoms with Crippen molar-refractivity contribution in [3.05, 3.63) is 36.0 Å². The Bertz CT molecular complexity index is 539. The van der Waals surface area contributed by atoms with Gasteiger partial charge in [0, 0.05) is 0 Å². The topological polar surface area (TPSA) is 67.6 Å². The van der Waals surface area contributed by atoms with Crippen LogP contribution in [-0.2, 0) is 0 Å². The van der Waals surface area contributed by atoms with Crippen molar-refractivity contribution in [2.24, 2.45) is 0 Å². The average molecular weight is 230 g/mol. The minimum absolute atomic E-state index is 0.369. The average Bonchev–Trinajstić information content (AvgIpc) is 2.66. The van der Waals surface area contributed by atoms with Gasteiger partial charge in [-0.25, -0.2) is 4.68 Å². The van der Waals surface area contributed by atoms with Crippen LogP contribution in [0.15, 0.2) is 35.2 Å². The molecule has 16 heavy (non-hydrogen) atoms. The quantitative estimate of drug-likeness (QED) is 0.802. The van der Waals surface area contributed by atoms with E-state index in [2.05, 4.69) is 5.10 Å². The van der Waals surface area contributed by atoms with Gasteiger partial charge >= 0.3 is 0 Å². The molecule has 0 saturated carbocycles. The maximum absolute atomic E-state index is 8.94.